The maximum absolute atomic E-state index is 14.9. The van der Waals surface area contributed by atoms with Crippen LogP contribution >= 0.6 is 7.14 Å². The first kappa shape index (κ1) is 67.3. The van der Waals surface area contributed by atoms with E-state index in [0.717, 1.165) is 66.9 Å². The Labute approximate surface area is 580 Å². The predicted octanol–water partition coefficient (Wildman–Crippen LogP) is 18.3. The van der Waals surface area contributed by atoms with Crippen LogP contribution in [0.2, 0.25) is 0 Å². The molecule has 18 heteroatoms. The van der Waals surface area contributed by atoms with Gasteiger partial charge in [-0.3, -0.25) is 4.55 Å². The lowest BCUT2D eigenvalue weighted by Gasteiger charge is -2.20. The molecule has 0 aliphatic carbocycles. The van der Waals surface area contributed by atoms with Gasteiger partial charge in [-0.1, -0.05) is 145 Å². The van der Waals surface area contributed by atoms with E-state index in [1.165, 1.54) is 48.5 Å². The predicted molar refractivity (Wildman–Crippen MR) is 389 cm³/mol. The van der Waals surface area contributed by atoms with Crippen LogP contribution in [0.5, 0.6) is 57.5 Å². The summed E-state index contributed by atoms with van der Waals surface area (Å²) in [5.41, 5.74) is 7.54. The monoisotopic (exact) mass is 1400 g/mol. The molecular formula is C82H63O14PS3. The van der Waals surface area contributed by atoms with Gasteiger partial charge in [-0.2, -0.15) is 8.42 Å². The van der Waals surface area contributed by atoms with Crippen LogP contribution in [0.25, 0.3) is 33.4 Å². The van der Waals surface area contributed by atoms with Crippen molar-refractivity contribution in [3.05, 3.63) is 327 Å². The van der Waals surface area contributed by atoms with E-state index < -0.39 is 46.7 Å². The number of ether oxygens (including phenoxy) is 6. The van der Waals surface area contributed by atoms with Crippen molar-refractivity contribution < 1.29 is 62.8 Å². The number of hydrogen-bond acceptors (Lipinski definition) is 13. The first-order valence-corrected chi connectivity index (χ1v) is 37.7. The van der Waals surface area contributed by atoms with E-state index in [4.69, 9.17) is 28.4 Å². The molecule has 0 saturated carbocycles. The fourth-order valence-electron chi connectivity index (χ4n) is 11.2. The number of aryl methyl sites for hydroxylation is 1. The highest BCUT2D eigenvalue weighted by Gasteiger charge is 2.30. The van der Waals surface area contributed by atoms with Gasteiger partial charge in [-0.15, -0.1) is 0 Å². The van der Waals surface area contributed by atoms with Gasteiger partial charge in [0.1, 0.15) is 62.4 Å². The number of methoxy groups -OCH3 is 1. The topological polar surface area (TPSA) is 195 Å². The first-order chi connectivity index (χ1) is 48.3. The summed E-state index contributed by atoms with van der Waals surface area (Å²) in [5, 5.41) is 2.17. The van der Waals surface area contributed by atoms with Crippen molar-refractivity contribution in [1.29, 1.82) is 0 Å². The lowest BCUT2D eigenvalue weighted by Crippen LogP contribution is -2.24. The number of hydrogen-bond donors (Lipinski definition) is 1. The van der Waals surface area contributed by atoms with E-state index in [9.17, 15) is 34.4 Å². The third kappa shape index (κ3) is 15.3. The Morgan fingerprint density at radius 1 is 0.330 bits per heavy atom. The molecule has 0 aliphatic rings. The average molecular weight is 1400 g/mol. The largest absolute Gasteiger partial charge is 0.497 e. The lowest BCUT2D eigenvalue weighted by atomic mass is 10.1. The number of rotatable bonds is 24. The van der Waals surface area contributed by atoms with Crippen molar-refractivity contribution in [1.82, 2.24) is 0 Å². The van der Waals surface area contributed by atoms with E-state index in [2.05, 4.69) is 0 Å². The van der Waals surface area contributed by atoms with Crippen LogP contribution in [0, 0.1) is 6.92 Å². The van der Waals surface area contributed by atoms with Crippen molar-refractivity contribution in [3.8, 4) is 90.9 Å². The summed E-state index contributed by atoms with van der Waals surface area (Å²) < 4.78 is 141. The van der Waals surface area contributed by atoms with Crippen LogP contribution in [-0.4, -0.2) is 43.5 Å². The maximum Gasteiger partial charge on any atom is 0.298 e. The minimum absolute atomic E-state index is 0.147. The van der Waals surface area contributed by atoms with E-state index in [-0.39, 0.29) is 26.2 Å². The Morgan fingerprint density at radius 2 is 0.640 bits per heavy atom. The fraction of sp³-hybridized carbons (Fsp3) is 0.0488. The average Bonchev–Trinajstić information content (AvgIpc) is 0.777. The fourth-order valence-corrected chi connectivity index (χ4v) is 17.1. The van der Waals surface area contributed by atoms with Gasteiger partial charge in [-0.25, -0.2) is 16.8 Å². The molecule has 13 rings (SSSR count). The van der Waals surface area contributed by atoms with Crippen LogP contribution in [0.15, 0.2) is 340 Å². The highest BCUT2D eigenvalue weighted by atomic mass is 32.2. The van der Waals surface area contributed by atoms with Crippen LogP contribution in [0.4, 0.5) is 0 Å². The summed E-state index contributed by atoms with van der Waals surface area (Å²) in [6.45, 7) is 2.36. The molecule has 0 spiro atoms. The van der Waals surface area contributed by atoms with Crippen molar-refractivity contribution in [3.63, 3.8) is 0 Å². The van der Waals surface area contributed by atoms with Gasteiger partial charge in [0, 0.05) is 22.3 Å². The molecule has 0 fully saturated rings. The molecule has 0 aliphatic heterocycles. The Kier molecular flexibility index (Phi) is 19.5. The maximum atomic E-state index is 14.9. The summed E-state index contributed by atoms with van der Waals surface area (Å²) >= 11 is 0. The van der Waals surface area contributed by atoms with Crippen LogP contribution in [0.1, 0.15) is 11.1 Å². The second-order valence-electron chi connectivity index (χ2n) is 23.3. The second-order valence-corrected chi connectivity index (χ2v) is 31.4. The zero-order valence-electron chi connectivity index (χ0n) is 53.9. The molecule has 498 valence electrons. The Balaban J connectivity index is 0.570. The Hall–Kier alpha value is -11.3. The zero-order chi connectivity index (χ0) is 69.4. The molecule has 1 atom stereocenters. The molecule has 0 radical (unpaired) electrons. The first-order valence-electron chi connectivity index (χ1n) is 31.6. The Bertz CT molecular complexity index is 5420. The van der Waals surface area contributed by atoms with Gasteiger partial charge in [0.25, 0.3) is 10.1 Å². The van der Waals surface area contributed by atoms with Gasteiger partial charge in [0.15, 0.2) is 7.14 Å². The summed E-state index contributed by atoms with van der Waals surface area (Å²) in [6, 6.07) is 91.2. The van der Waals surface area contributed by atoms with Gasteiger partial charge in [-0.05, 0) is 222 Å². The number of sulfone groups is 2. The van der Waals surface area contributed by atoms with Gasteiger partial charge in [0.2, 0.25) is 19.7 Å². The Morgan fingerprint density at radius 3 is 1.03 bits per heavy atom. The molecule has 0 aromatic heterocycles. The SMILES string of the molecule is COc1ccc(-c2ccc(Oc3ccc(S(=O)(=O)c4ccc(CCOc5ccc(-c6ccc(Oc7ccc(S(=O)(=O)c8ccc(Oc9ccc(-c%10ccc(Oc%11ccc(P(=O)(c%12ccccc%12)c%12ccc(C)cc%12)cc%11)cc%10)cc9)c(S(=O)(=O)O)c8)cc7)cc6)cc5)cc4)cc3)cc2)cc1. The molecule has 13 aromatic rings. The van der Waals surface area contributed by atoms with Crippen LogP contribution in [-0.2, 0) is 40.8 Å². The van der Waals surface area contributed by atoms with E-state index in [0.29, 0.717) is 58.6 Å². The molecular weight excluding hydrogens is 1340 g/mol. The second kappa shape index (κ2) is 29.0. The van der Waals surface area contributed by atoms with Gasteiger partial charge in [0.05, 0.1) is 33.3 Å². The van der Waals surface area contributed by atoms with Crippen molar-refractivity contribution in [2.24, 2.45) is 0 Å². The number of benzene rings is 13. The van der Waals surface area contributed by atoms with Crippen molar-refractivity contribution >= 4 is 52.8 Å². The molecule has 0 amide bonds. The summed E-state index contributed by atoms with van der Waals surface area (Å²) in [5.74, 6) is 4.50. The van der Waals surface area contributed by atoms with E-state index in [1.807, 2.05) is 195 Å². The molecule has 1 N–H and O–H groups in total. The molecule has 1 unspecified atom stereocenters. The smallest absolute Gasteiger partial charge is 0.298 e. The molecule has 13 aromatic carbocycles. The minimum atomic E-state index is -4.98. The molecule has 100 heavy (non-hydrogen) atoms. The summed E-state index contributed by atoms with van der Waals surface area (Å²) in [4.78, 5) is -0.947. The summed E-state index contributed by atoms with van der Waals surface area (Å²) in [7, 11) is -14.6. The van der Waals surface area contributed by atoms with Crippen LogP contribution in [0.3, 0.4) is 0 Å². The highest BCUT2D eigenvalue weighted by molar-refractivity contribution is 7.92. The third-order valence-electron chi connectivity index (χ3n) is 16.7. The molecule has 0 saturated heterocycles. The standard InChI is InChI=1S/C82H63O14PS3/c1-57-8-42-75(43-9-57)97(83,74-6-4-3-5-7-74)76-44-36-70(37-45-76)93-67-28-20-63(21-29-67)64-22-34-73(35-23-64)96-81-53-52-80(56-82(81)100(88,89)90)99(86,87)79-50-40-72(41-51-79)95-69-32-18-62(19-33-69)60-14-26-66(27-15-60)92-55-54-58-10-46-77(47-11-58)98(84,85)78-48-38-71(39-49-78)94-68-30-16-61(17-31-68)59-12-24-65(91-2)25-13-59/h3-53,56H,54-55H2,1-2H3,(H,88,89,90). The minimum Gasteiger partial charge on any atom is -0.497 e. The highest BCUT2D eigenvalue weighted by Crippen LogP contribution is 2.44. The molecule has 0 heterocycles. The van der Waals surface area contributed by atoms with E-state index >= 15 is 0 Å². The third-order valence-corrected chi connectivity index (χ3v) is 24.2. The normalized spacial score (nSPS) is 12.2. The van der Waals surface area contributed by atoms with Gasteiger partial charge >= 0.3 is 0 Å². The zero-order valence-corrected chi connectivity index (χ0v) is 57.2. The lowest BCUT2D eigenvalue weighted by molar-refractivity contribution is 0.322. The summed E-state index contributed by atoms with van der Waals surface area (Å²) in [6.07, 6.45) is 0.548. The van der Waals surface area contributed by atoms with Crippen LogP contribution < -0.4 is 44.3 Å². The molecule has 14 nitrogen and oxygen atoms in total. The van der Waals surface area contributed by atoms with Crippen molar-refractivity contribution in [2.75, 3.05) is 13.7 Å². The molecule has 0 bridgehead atoms. The van der Waals surface area contributed by atoms with E-state index in [1.54, 1.807) is 79.9 Å². The quantitative estimate of drug-likeness (QED) is 0.0443. The van der Waals surface area contributed by atoms with Crippen molar-refractivity contribution in [2.45, 2.75) is 37.8 Å². The van der Waals surface area contributed by atoms with Gasteiger partial charge < -0.3 is 33.0 Å².